The van der Waals surface area contributed by atoms with E-state index in [0.29, 0.717) is 17.9 Å². The zero-order valence-electron chi connectivity index (χ0n) is 11.6. The Labute approximate surface area is 110 Å². The number of nitrogens with zero attached hydrogens (tertiary/aromatic N) is 1. The van der Waals surface area contributed by atoms with Gasteiger partial charge in [0.1, 0.15) is 5.75 Å². The summed E-state index contributed by atoms with van der Waals surface area (Å²) < 4.78 is 5.52. The maximum atomic E-state index is 12.5. The van der Waals surface area contributed by atoms with Crippen LogP contribution in [0, 0.1) is 0 Å². The van der Waals surface area contributed by atoms with E-state index in [1.165, 1.54) is 0 Å². The minimum absolute atomic E-state index is 0.0720. The summed E-state index contributed by atoms with van der Waals surface area (Å²) in [5.41, 5.74) is 0.668. The number of carbonyl (C=O) groups is 1. The maximum absolute atomic E-state index is 12.5. The molecule has 1 amide bonds. The van der Waals surface area contributed by atoms with Crippen LogP contribution in [0.1, 0.15) is 44.0 Å². The second-order valence-corrected chi connectivity index (χ2v) is 4.22. The molecule has 1 rings (SSSR count). The number of para-hydroxylation sites is 1. The first-order valence-electron chi connectivity index (χ1n) is 6.75. The van der Waals surface area contributed by atoms with E-state index in [-0.39, 0.29) is 5.91 Å². The molecule has 1 aromatic carbocycles. The predicted molar refractivity (Wildman–Crippen MR) is 74.1 cm³/mol. The lowest BCUT2D eigenvalue weighted by Crippen LogP contribution is -2.32. The van der Waals surface area contributed by atoms with E-state index in [4.69, 9.17) is 4.74 Å². The first-order valence-corrected chi connectivity index (χ1v) is 6.75. The van der Waals surface area contributed by atoms with Crippen LogP contribution in [0.25, 0.3) is 0 Å². The molecule has 18 heavy (non-hydrogen) atoms. The van der Waals surface area contributed by atoms with Gasteiger partial charge in [0.05, 0.1) is 12.2 Å². The van der Waals surface area contributed by atoms with Crippen LogP contribution in [-0.4, -0.2) is 30.5 Å². The lowest BCUT2D eigenvalue weighted by molar-refractivity contribution is 0.0751. The van der Waals surface area contributed by atoms with Crippen molar-refractivity contribution < 1.29 is 9.53 Å². The van der Waals surface area contributed by atoms with Crippen LogP contribution in [0.2, 0.25) is 0 Å². The van der Waals surface area contributed by atoms with Crippen molar-refractivity contribution in [2.75, 3.05) is 19.7 Å². The molecule has 0 fully saturated rings. The molecule has 0 saturated heterocycles. The highest BCUT2D eigenvalue weighted by atomic mass is 16.5. The summed E-state index contributed by atoms with van der Waals surface area (Å²) in [6, 6.07) is 7.47. The van der Waals surface area contributed by atoms with Gasteiger partial charge in [-0.2, -0.15) is 0 Å². The molecule has 0 atom stereocenters. The van der Waals surface area contributed by atoms with Gasteiger partial charge in [-0.05, 0) is 31.9 Å². The number of hydrogen-bond acceptors (Lipinski definition) is 2. The van der Waals surface area contributed by atoms with Gasteiger partial charge in [-0.25, -0.2) is 0 Å². The van der Waals surface area contributed by atoms with Crippen LogP contribution >= 0.6 is 0 Å². The van der Waals surface area contributed by atoms with E-state index in [2.05, 4.69) is 13.8 Å². The van der Waals surface area contributed by atoms with Crippen LogP contribution in [0.3, 0.4) is 0 Å². The molecule has 3 nitrogen and oxygen atoms in total. The Bertz CT molecular complexity index is 371. The van der Waals surface area contributed by atoms with Gasteiger partial charge in [0.2, 0.25) is 0 Å². The Morgan fingerprint density at radius 2 is 1.72 bits per heavy atom. The highest BCUT2D eigenvalue weighted by Gasteiger charge is 2.17. The second-order valence-electron chi connectivity index (χ2n) is 4.22. The average Bonchev–Trinajstić information content (AvgIpc) is 2.39. The fraction of sp³-hybridized carbons (Fsp3) is 0.533. The molecule has 3 heteroatoms. The number of hydrogen-bond donors (Lipinski definition) is 0. The summed E-state index contributed by atoms with van der Waals surface area (Å²) in [6.07, 6.45) is 1.95. The summed E-state index contributed by atoms with van der Waals surface area (Å²) in [7, 11) is 0. The molecule has 0 unspecified atom stereocenters. The topological polar surface area (TPSA) is 29.5 Å². The molecule has 0 N–H and O–H groups in total. The van der Waals surface area contributed by atoms with Gasteiger partial charge in [-0.1, -0.05) is 26.0 Å². The molecule has 0 bridgehead atoms. The molecule has 0 heterocycles. The van der Waals surface area contributed by atoms with Gasteiger partial charge in [-0.3, -0.25) is 4.79 Å². The molecule has 0 radical (unpaired) electrons. The van der Waals surface area contributed by atoms with Crippen LogP contribution in [0.4, 0.5) is 0 Å². The summed E-state index contributed by atoms with van der Waals surface area (Å²) >= 11 is 0. The number of rotatable bonds is 7. The molecule has 0 aromatic heterocycles. The van der Waals surface area contributed by atoms with Crippen molar-refractivity contribution in [2.45, 2.75) is 33.6 Å². The third-order valence-electron chi connectivity index (χ3n) is 2.69. The van der Waals surface area contributed by atoms with Crippen LogP contribution < -0.4 is 4.74 Å². The molecular weight excluding hydrogens is 226 g/mol. The second kappa shape index (κ2) is 7.75. The minimum Gasteiger partial charge on any atom is -0.493 e. The van der Waals surface area contributed by atoms with Crippen molar-refractivity contribution in [2.24, 2.45) is 0 Å². The fourth-order valence-corrected chi connectivity index (χ4v) is 1.95. The average molecular weight is 249 g/mol. The highest BCUT2D eigenvalue weighted by molar-refractivity contribution is 5.96. The van der Waals surface area contributed by atoms with Crippen LogP contribution in [0.5, 0.6) is 5.75 Å². The van der Waals surface area contributed by atoms with Gasteiger partial charge in [0, 0.05) is 13.1 Å². The Balaban J connectivity index is 2.92. The Hall–Kier alpha value is -1.51. The van der Waals surface area contributed by atoms with Gasteiger partial charge < -0.3 is 9.64 Å². The first kappa shape index (κ1) is 14.6. The molecule has 0 aliphatic carbocycles. The van der Waals surface area contributed by atoms with Crippen molar-refractivity contribution in [1.29, 1.82) is 0 Å². The van der Waals surface area contributed by atoms with Gasteiger partial charge >= 0.3 is 0 Å². The lowest BCUT2D eigenvalue weighted by Gasteiger charge is -2.22. The molecule has 0 aliphatic rings. The third-order valence-corrected chi connectivity index (χ3v) is 2.69. The standard InChI is InChI=1S/C15H23NO2/c1-4-11-16(12-5-2)15(17)13-9-7-8-10-14(13)18-6-3/h7-10H,4-6,11-12H2,1-3H3. The van der Waals surface area contributed by atoms with Gasteiger partial charge in [-0.15, -0.1) is 0 Å². The number of ether oxygens (including phenoxy) is 1. The molecule has 0 aliphatic heterocycles. The van der Waals surface area contributed by atoms with Crippen molar-refractivity contribution in [3.63, 3.8) is 0 Å². The number of carbonyl (C=O) groups excluding carboxylic acids is 1. The number of benzene rings is 1. The van der Waals surface area contributed by atoms with E-state index >= 15 is 0 Å². The van der Waals surface area contributed by atoms with E-state index < -0.39 is 0 Å². The normalized spacial score (nSPS) is 10.2. The Morgan fingerprint density at radius 1 is 1.11 bits per heavy atom. The van der Waals surface area contributed by atoms with E-state index in [0.717, 1.165) is 25.9 Å². The quantitative estimate of drug-likeness (QED) is 0.741. The molecule has 0 saturated carbocycles. The van der Waals surface area contributed by atoms with Crippen LogP contribution in [0.15, 0.2) is 24.3 Å². The predicted octanol–water partition coefficient (Wildman–Crippen LogP) is 3.35. The molecule has 100 valence electrons. The number of amides is 1. The monoisotopic (exact) mass is 249 g/mol. The summed E-state index contributed by atoms with van der Waals surface area (Å²) in [6.45, 7) is 8.28. The van der Waals surface area contributed by atoms with Crippen molar-refractivity contribution in [3.05, 3.63) is 29.8 Å². The van der Waals surface area contributed by atoms with Crippen molar-refractivity contribution in [3.8, 4) is 5.75 Å². The Morgan fingerprint density at radius 3 is 2.28 bits per heavy atom. The first-order chi connectivity index (χ1) is 8.74. The lowest BCUT2D eigenvalue weighted by atomic mass is 10.1. The summed E-state index contributed by atoms with van der Waals surface area (Å²) in [5.74, 6) is 0.755. The van der Waals surface area contributed by atoms with Crippen molar-refractivity contribution >= 4 is 5.91 Å². The smallest absolute Gasteiger partial charge is 0.257 e. The van der Waals surface area contributed by atoms with Crippen molar-refractivity contribution in [1.82, 2.24) is 4.90 Å². The maximum Gasteiger partial charge on any atom is 0.257 e. The third kappa shape index (κ3) is 3.76. The highest BCUT2D eigenvalue weighted by Crippen LogP contribution is 2.20. The fourth-order valence-electron chi connectivity index (χ4n) is 1.95. The Kier molecular flexibility index (Phi) is 6.26. The van der Waals surface area contributed by atoms with E-state index in [9.17, 15) is 4.79 Å². The summed E-state index contributed by atoms with van der Waals surface area (Å²) in [5, 5.41) is 0. The van der Waals surface area contributed by atoms with Crippen LogP contribution in [-0.2, 0) is 0 Å². The molecular formula is C15H23NO2. The largest absolute Gasteiger partial charge is 0.493 e. The zero-order valence-corrected chi connectivity index (χ0v) is 11.6. The summed E-state index contributed by atoms with van der Waals surface area (Å²) in [4.78, 5) is 14.4. The SMILES string of the molecule is CCCN(CCC)C(=O)c1ccccc1OCC. The minimum atomic E-state index is 0.0720. The van der Waals surface area contributed by atoms with Gasteiger partial charge in [0.25, 0.3) is 5.91 Å². The van der Waals surface area contributed by atoms with Gasteiger partial charge in [0.15, 0.2) is 0 Å². The zero-order chi connectivity index (χ0) is 13.4. The molecule has 0 spiro atoms. The molecule has 1 aromatic rings. The van der Waals surface area contributed by atoms with E-state index in [1.54, 1.807) is 0 Å². The van der Waals surface area contributed by atoms with E-state index in [1.807, 2.05) is 36.1 Å².